The summed E-state index contributed by atoms with van der Waals surface area (Å²) in [6.07, 6.45) is 1.36. The third-order valence-electron chi connectivity index (χ3n) is 6.33. The number of carbonyl (C=O) groups excluding carboxylic acids is 3. The molecule has 4 aromatic carbocycles. The highest BCUT2D eigenvalue weighted by molar-refractivity contribution is 6.39. The fourth-order valence-corrected chi connectivity index (χ4v) is 4.59. The van der Waals surface area contributed by atoms with Crippen LogP contribution in [0.25, 0.3) is 6.08 Å². The number of nitro groups is 1. The topological polar surface area (TPSA) is 128 Å². The lowest BCUT2D eigenvalue weighted by Crippen LogP contribution is -2.54. The number of rotatable bonds is 9. The Kier molecular flexibility index (Phi) is 8.70. The largest absolute Gasteiger partial charge is 0.489 e. The Morgan fingerprint density at radius 1 is 0.837 bits per heavy atom. The van der Waals surface area contributed by atoms with Crippen LogP contribution in [0.15, 0.2) is 96.6 Å². The van der Waals surface area contributed by atoms with Gasteiger partial charge in [-0.15, -0.1) is 0 Å². The minimum atomic E-state index is -0.881. The van der Waals surface area contributed by atoms with Gasteiger partial charge in [0.05, 0.1) is 10.6 Å². The molecule has 43 heavy (non-hydrogen) atoms. The smallest absolute Gasteiger partial charge is 0.335 e. The van der Waals surface area contributed by atoms with Crippen molar-refractivity contribution < 1.29 is 28.8 Å². The molecule has 4 aromatic rings. The van der Waals surface area contributed by atoms with E-state index in [2.05, 4.69) is 5.32 Å². The first-order chi connectivity index (χ1) is 20.7. The fraction of sp³-hybridized carbons (Fsp3) is 0.0645. The first-order valence-electron chi connectivity index (χ1n) is 12.7. The number of carbonyl (C=O) groups is 3. The molecule has 1 N–H and O–H groups in total. The van der Waals surface area contributed by atoms with Crippen molar-refractivity contribution in [3.8, 4) is 11.5 Å². The SMILES string of the molecule is O=C1NC(=O)N(c2ccc(OCc3ccc(Cl)cc3Cl)cc2)C(=O)/C1=C\c1cccc(OCc2ccc([N+](=O)[O-])cc2)c1. The van der Waals surface area contributed by atoms with Crippen LogP contribution in [-0.4, -0.2) is 22.8 Å². The second kappa shape index (κ2) is 12.8. The average molecular weight is 618 g/mol. The van der Waals surface area contributed by atoms with Gasteiger partial charge in [-0.3, -0.25) is 25.0 Å². The van der Waals surface area contributed by atoms with Crippen LogP contribution in [0.2, 0.25) is 10.0 Å². The van der Waals surface area contributed by atoms with Crippen LogP contribution in [-0.2, 0) is 22.8 Å². The summed E-state index contributed by atoms with van der Waals surface area (Å²) < 4.78 is 11.5. The number of non-ortho nitro benzene ring substituents is 1. The number of amides is 4. The van der Waals surface area contributed by atoms with Gasteiger partial charge in [-0.25, -0.2) is 9.69 Å². The number of nitro benzene ring substituents is 1. The molecular weight excluding hydrogens is 597 g/mol. The van der Waals surface area contributed by atoms with Crippen molar-refractivity contribution in [3.63, 3.8) is 0 Å². The lowest BCUT2D eigenvalue weighted by Gasteiger charge is -2.26. The number of ether oxygens (including phenoxy) is 2. The van der Waals surface area contributed by atoms with E-state index in [0.29, 0.717) is 27.1 Å². The number of barbiturate groups is 1. The molecule has 1 aliphatic rings. The van der Waals surface area contributed by atoms with Crippen LogP contribution in [0, 0.1) is 10.1 Å². The molecule has 0 unspecified atom stereocenters. The monoisotopic (exact) mass is 617 g/mol. The van der Waals surface area contributed by atoms with Crippen molar-refractivity contribution in [2.45, 2.75) is 13.2 Å². The van der Waals surface area contributed by atoms with Gasteiger partial charge in [-0.1, -0.05) is 41.4 Å². The van der Waals surface area contributed by atoms with E-state index >= 15 is 0 Å². The summed E-state index contributed by atoms with van der Waals surface area (Å²) in [6, 6.07) is 23.0. The third-order valence-corrected chi connectivity index (χ3v) is 6.91. The summed E-state index contributed by atoms with van der Waals surface area (Å²) in [5.74, 6) is -0.715. The molecule has 4 amide bonds. The van der Waals surface area contributed by atoms with Crippen LogP contribution in [0.1, 0.15) is 16.7 Å². The number of anilines is 1. The van der Waals surface area contributed by atoms with E-state index in [1.807, 2.05) is 0 Å². The Hall–Kier alpha value is -5.19. The van der Waals surface area contributed by atoms with Crippen molar-refractivity contribution in [3.05, 3.63) is 133 Å². The Labute approximate surface area is 255 Å². The summed E-state index contributed by atoms with van der Waals surface area (Å²) in [7, 11) is 0. The predicted octanol–water partition coefficient (Wildman–Crippen LogP) is 6.73. The molecule has 0 aliphatic carbocycles. The highest BCUT2D eigenvalue weighted by atomic mass is 35.5. The first-order valence-corrected chi connectivity index (χ1v) is 13.5. The molecule has 12 heteroatoms. The number of nitrogens with one attached hydrogen (secondary N) is 1. The lowest BCUT2D eigenvalue weighted by atomic mass is 10.1. The van der Waals surface area contributed by atoms with Gasteiger partial charge >= 0.3 is 6.03 Å². The molecule has 1 saturated heterocycles. The number of urea groups is 1. The molecular formula is C31H21Cl2N3O7. The molecule has 0 spiro atoms. The van der Waals surface area contributed by atoms with Gasteiger partial charge in [-0.2, -0.15) is 0 Å². The van der Waals surface area contributed by atoms with E-state index in [9.17, 15) is 24.5 Å². The standard InChI is InChI=1S/C31H21Cl2N3O7/c32-22-7-6-21(28(33)16-22)18-43-25-12-10-23(11-13-25)35-30(38)27(29(37)34-31(35)39)15-20-2-1-3-26(14-20)42-17-19-4-8-24(9-5-19)36(40)41/h1-16H,17-18H2,(H,34,37,39)/b27-15-. The van der Waals surface area contributed by atoms with Gasteiger partial charge in [0.15, 0.2) is 0 Å². The van der Waals surface area contributed by atoms with Gasteiger partial charge in [0, 0.05) is 27.7 Å². The minimum absolute atomic E-state index is 0.0240. The number of nitrogens with zero attached hydrogens (tertiary/aromatic N) is 2. The van der Waals surface area contributed by atoms with E-state index in [0.717, 1.165) is 16.0 Å². The Balaban J connectivity index is 1.28. The van der Waals surface area contributed by atoms with E-state index in [4.69, 9.17) is 32.7 Å². The number of halogens is 2. The third kappa shape index (κ3) is 7.00. The van der Waals surface area contributed by atoms with Gasteiger partial charge in [-0.05, 0) is 77.9 Å². The number of hydrogen-bond donors (Lipinski definition) is 1. The first kappa shape index (κ1) is 29.3. The molecule has 5 rings (SSSR count). The molecule has 216 valence electrons. The Morgan fingerprint density at radius 3 is 2.26 bits per heavy atom. The lowest BCUT2D eigenvalue weighted by molar-refractivity contribution is -0.384. The van der Waals surface area contributed by atoms with Crippen LogP contribution in [0.3, 0.4) is 0 Å². The molecule has 0 atom stereocenters. The molecule has 0 saturated carbocycles. The van der Waals surface area contributed by atoms with E-state index in [-0.39, 0.29) is 30.2 Å². The van der Waals surface area contributed by atoms with Gasteiger partial charge in [0.25, 0.3) is 17.5 Å². The summed E-state index contributed by atoms with van der Waals surface area (Å²) in [4.78, 5) is 49.8. The molecule has 1 heterocycles. The quantitative estimate of drug-likeness (QED) is 0.0954. The van der Waals surface area contributed by atoms with E-state index in [1.54, 1.807) is 66.7 Å². The van der Waals surface area contributed by atoms with Crippen molar-refractivity contribution in [1.82, 2.24) is 5.32 Å². The van der Waals surface area contributed by atoms with Crippen molar-refractivity contribution in [1.29, 1.82) is 0 Å². The summed E-state index contributed by atoms with van der Waals surface area (Å²) in [5.41, 5.74) is 1.90. The maximum atomic E-state index is 13.3. The second-order valence-corrected chi connectivity index (χ2v) is 10.1. The zero-order valence-corrected chi connectivity index (χ0v) is 23.7. The highest BCUT2D eigenvalue weighted by Gasteiger charge is 2.36. The van der Waals surface area contributed by atoms with Crippen LogP contribution >= 0.6 is 23.2 Å². The highest BCUT2D eigenvalue weighted by Crippen LogP contribution is 2.27. The van der Waals surface area contributed by atoms with Gasteiger partial charge in [0.1, 0.15) is 30.3 Å². The normalized spacial score (nSPS) is 14.0. The number of hydrogen-bond acceptors (Lipinski definition) is 7. The number of benzene rings is 4. The second-order valence-electron chi connectivity index (χ2n) is 9.26. The zero-order chi connectivity index (χ0) is 30.5. The molecule has 1 fully saturated rings. The Morgan fingerprint density at radius 2 is 1.56 bits per heavy atom. The maximum absolute atomic E-state index is 13.3. The van der Waals surface area contributed by atoms with E-state index in [1.165, 1.54) is 30.3 Å². The van der Waals surface area contributed by atoms with Gasteiger partial charge < -0.3 is 9.47 Å². The van der Waals surface area contributed by atoms with Gasteiger partial charge in [0.2, 0.25) is 0 Å². The zero-order valence-electron chi connectivity index (χ0n) is 22.2. The van der Waals surface area contributed by atoms with Crippen LogP contribution < -0.4 is 19.7 Å². The Bertz CT molecular complexity index is 1760. The molecule has 0 radical (unpaired) electrons. The maximum Gasteiger partial charge on any atom is 0.335 e. The van der Waals surface area contributed by atoms with Crippen molar-refractivity contribution in [2.75, 3.05) is 4.90 Å². The van der Waals surface area contributed by atoms with E-state index < -0.39 is 22.8 Å². The summed E-state index contributed by atoms with van der Waals surface area (Å²) in [5, 5.41) is 14.0. The fourth-order valence-electron chi connectivity index (χ4n) is 4.12. The van der Waals surface area contributed by atoms with Crippen molar-refractivity contribution in [2.24, 2.45) is 0 Å². The molecule has 10 nitrogen and oxygen atoms in total. The minimum Gasteiger partial charge on any atom is -0.489 e. The molecule has 1 aliphatic heterocycles. The van der Waals surface area contributed by atoms with Crippen LogP contribution in [0.5, 0.6) is 11.5 Å². The average Bonchev–Trinajstić information content (AvgIpc) is 2.99. The van der Waals surface area contributed by atoms with Crippen LogP contribution in [0.4, 0.5) is 16.2 Å². The molecule has 0 aromatic heterocycles. The number of imide groups is 2. The summed E-state index contributed by atoms with van der Waals surface area (Å²) in [6.45, 7) is 0.322. The predicted molar refractivity (Wildman–Crippen MR) is 160 cm³/mol. The summed E-state index contributed by atoms with van der Waals surface area (Å²) >= 11 is 12.1. The molecule has 0 bridgehead atoms. The van der Waals surface area contributed by atoms with Crippen molar-refractivity contribution >= 4 is 58.5 Å².